The van der Waals surface area contributed by atoms with Crippen molar-refractivity contribution in [1.82, 2.24) is 0 Å². The van der Waals surface area contributed by atoms with E-state index in [0.29, 0.717) is 41.7 Å². The summed E-state index contributed by atoms with van der Waals surface area (Å²) in [5.41, 5.74) is 1.77. The number of nitrogens with zero attached hydrogens (tertiary/aromatic N) is 1. The fourth-order valence-corrected chi connectivity index (χ4v) is 4.13. The Morgan fingerprint density at radius 3 is 2.29 bits per heavy atom. The lowest BCUT2D eigenvalue weighted by atomic mass is 10.2. The molecule has 4 rings (SSSR count). The summed E-state index contributed by atoms with van der Waals surface area (Å²) in [6.07, 6.45) is 0. The summed E-state index contributed by atoms with van der Waals surface area (Å²) in [4.78, 5) is 28.7. The van der Waals surface area contributed by atoms with Gasteiger partial charge in [-0.25, -0.2) is 4.90 Å². The SMILES string of the molecule is CCOc1ccc(N2C(=O)C(Nc3cccc(OCC)c3)=C(c3cccs3)C2=O)cc1. The fraction of sp³-hybridized carbons (Fsp3) is 0.167. The Kier molecular flexibility index (Phi) is 6.04. The van der Waals surface area contributed by atoms with Gasteiger partial charge in [0.15, 0.2) is 0 Å². The molecule has 2 aromatic carbocycles. The van der Waals surface area contributed by atoms with Crippen molar-refractivity contribution in [2.45, 2.75) is 13.8 Å². The predicted octanol–water partition coefficient (Wildman–Crippen LogP) is 4.94. The molecule has 0 unspecified atom stereocenters. The van der Waals surface area contributed by atoms with Crippen LogP contribution in [0.4, 0.5) is 11.4 Å². The van der Waals surface area contributed by atoms with Gasteiger partial charge in [0.1, 0.15) is 17.2 Å². The van der Waals surface area contributed by atoms with E-state index in [0.717, 1.165) is 4.88 Å². The number of thiophene rings is 1. The molecule has 7 heteroatoms. The predicted molar refractivity (Wildman–Crippen MR) is 123 cm³/mol. The third-order valence-electron chi connectivity index (χ3n) is 4.67. The molecule has 1 aliphatic rings. The minimum atomic E-state index is -0.403. The van der Waals surface area contributed by atoms with Gasteiger partial charge in [-0.2, -0.15) is 0 Å². The van der Waals surface area contributed by atoms with Gasteiger partial charge < -0.3 is 14.8 Å². The quantitative estimate of drug-likeness (QED) is 0.509. The van der Waals surface area contributed by atoms with Crippen molar-refractivity contribution in [3.05, 3.63) is 76.6 Å². The molecule has 1 aliphatic heterocycles. The Morgan fingerprint density at radius 2 is 1.61 bits per heavy atom. The van der Waals surface area contributed by atoms with Gasteiger partial charge in [0.05, 0.1) is 24.5 Å². The summed E-state index contributed by atoms with van der Waals surface area (Å²) >= 11 is 1.42. The molecule has 0 radical (unpaired) electrons. The van der Waals surface area contributed by atoms with E-state index in [4.69, 9.17) is 9.47 Å². The normalized spacial score (nSPS) is 13.7. The van der Waals surface area contributed by atoms with Crippen LogP contribution in [0.3, 0.4) is 0 Å². The molecule has 2 amide bonds. The first-order valence-corrected chi connectivity index (χ1v) is 10.9. The molecule has 158 valence electrons. The van der Waals surface area contributed by atoms with Gasteiger partial charge in [0, 0.05) is 16.6 Å². The second-order valence-corrected chi connectivity index (χ2v) is 7.63. The van der Waals surface area contributed by atoms with E-state index in [1.807, 2.05) is 49.6 Å². The minimum absolute atomic E-state index is 0.245. The van der Waals surface area contributed by atoms with Crippen molar-refractivity contribution in [2.24, 2.45) is 0 Å². The molecule has 0 saturated heterocycles. The highest BCUT2D eigenvalue weighted by atomic mass is 32.1. The van der Waals surface area contributed by atoms with Gasteiger partial charge in [0.2, 0.25) is 0 Å². The number of amides is 2. The lowest BCUT2D eigenvalue weighted by Crippen LogP contribution is -2.32. The number of nitrogens with one attached hydrogen (secondary N) is 1. The zero-order valence-electron chi connectivity index (χ0n) is 17.3. The molecule has 6 nitrogen and oxygen atoms in total. The van der Waals surface area contributed by atoms with Crippen molar-refractivity contribution < 1.29 is 19.1 Å². The standard InChI is InChI=1S/C24H22N2O4S/c1-3-29-18-12-10-17(11-13-18)26-23(27)21(20-9-6-14-31-20)22(24(26)28)25-16-7-5-8-19(15-16)30-4-2/h5-15,25H,3-4H2,1-2H3. The van der Waals surface area contributed by atoms with Crippen molar-refractivity contribution in [3.63, 3.8) is 0 Å². The molecule has 0 fully saturated rings. The van der Waals surface area contributed by atoms with Gasteiger partial charge in [-0.05, 0) is 61.7 Å². The van der Waals surface area contributed by atoms with Crippen molar-refractivity contribution in [3.8, 4) is 11.5 Å². The van der Waals surface area contributed by atoms with E-state index in [-0.39, 0.29) is 11.6 Å². The van der Waals surface area contributed by atoms with E-state index in [1.165, 1.54) is 16.2 Å². The zero-order chi connectivity index (χ0) is 21.8. The second kappa shape index (κ2) is 9.06. The van der Waals surface area contributed by atoms with Crippen LogP contribution in [-0.4, -0.2) is 25.0 Å². The van der Waals surface area contributed by atoms with Crippen LogP contribution in [0, 0.1) is 0 Å². The summed E-state index contributed by atoms with van der Waals surface area (Å²) < 4.78 is 11.0. The highest BCUT2D eigenvalue weighted by molar-refractivity contribution is 7.11. The molecule has 0 saturated carbocycles. The Hall–Kier alpha value is -3.58. The average Bonchev–Trinajstić information content (AvgIpc) is 3.37. The molecule has 0 spiro atoms. The number of rotatable bonds is 8. The maximum absolute atomic E-state index is 13.4. The first-order valence-electron chi connectivity index (χ1n) is 10.0. The summed E-state index contributed by atoms with van der Waals surface area (Å²) in [5.74, 6) is 0.605. The van der Waals surface area contributed by atoms with Gasteiger partial charge in [-0.1, -0.05) is 12.1 Å². The van der Waals surface area contributed by atoms with E-state index in [9.17, 15) is 9.59 Å². The van der Waals surface area contributed by atoms with E-state index >= 15 is 0 Å². The van der Waals surface area contributed by atoms with Gasteiger partial charge in [0.25, 0.3) is 11.8 Å². The lowest BCUT2D eigenvalue weighted by molar-refractivity contribution is -0.120. The molecule has 31 heavy (non-hydrogen) atoms. The first-order chi connectivity index (χ1) is 15.1. The molecule has 0 bridgehead atoms. The summed E-state index contributed by atoms with van der Waals surface area (Å²) in [7, 11) is 0. The van der Waals surface area contributed by atoms with E-state index in [2.05, 4.69) is 5.32 Å². The van der Waals surface area contributed by atoms with E-state index < -0.39 is 5.91 Å². The van der Waals surface area contributed by atoms with Crippen LogP contribution < -0.4 is 19.7 Å². The van der Waals surface area contributed by atoms with Gasteiger partial charge in [-0.15, -0.1) is 11.3 Å². The highest BCUT2D eigenvalue weighted by Crippen LogP contribution is 2.36. The maximum atomic E-state index is 13.4. The van der Waals surface area contributed by atoms with Crippen LogP contribution in [0.1, 0.15) is 18.7 Å². The number of carbonyl (C=O) groups excluding carboxylic acids is 2. The maximum Gasteiger partial charge on any atom is 0.282 e. The Labute approximate surface area is 184 Å². The summed E-state index contributed by atoms with van der Waals surface area (Å²) in [6.45, 7) is 4.89. The second-order valence-electron chi connectivity index (χ2n) is 6.69. The molecule has 0 aliphatic carbocycles. The van der Waals surface area contributed by atoms with Crippen LogP contribution in [0.25, 0.3) is 5.57 Å². The molecule has 1 aromatic heterocycles. The molecule has 3 aromatic rings. The largest absolute Gasteiger partial charge is 0.494 e. The fourth-order valence-electron chi connectivity index (χ4n) is 3.36. The number of imide groups is 1. The monoisotopic (exact) mass is 434 g/mol. The number of carbonyl (C=O) groups is 2. The summed E-state index contributed by atoms with van der Waals surface area (Å²) in [5, 5.41) is 5.04. The van der Waals surface area contributed by atoms with Crippen molar-refractivity contribution in [1.29, 1.82) is 0 Å². The Bertz CT molecular complexity index is 1120. The van der Waals surface area contributed by atoms with Gasteiger partial charge in [-0.3, -0.25) is 9.59 Å². The van der Waals surface area contributed by atoms with Crippen molar-refractivity contribution in [2.75, 3.05) is 23.4 Å². The minimum Gasteiger partial charge on any atom is -0.494 e. The van der Waals surface area contributed by atoms with E-state index in [1.54, 1.807) is 30.3 Å². The number of anilines is 2. The Balaban J connectivity index is 1.71. The van der Waals surface area contributed by atoms with Crippen LogP contribution in [0.2, 0.25) is 0 Å². The van der Waals surface area contributed by atoms with Crippen LogP contribution >= 0.6 is 11.3 Å². The zero-order valence-corrected chi connectivity index (χ0v) is 18.1. The third-order valence-corrected chi connectivity index (χ3v) is 5.56. The molecule has 0 atom stereocenters. The molecule has 1 N–H and O–H groups in total. The number of hydrogen-bond acceptors (Lipinski definition) is 6. The number of ether oxygens (including phenoxy) is 2. The summed E-state index contributed by atoms with van der Waals surface area (Å²) in [6, 6.07) is 17.9. The number of hydrogen-bond donors (Lipinski definition) is 1. The van der Waals surface area contributed by atoms with Gasteiger partial charge >= 0.3 is 0 Å². The lowest BCUT2D eigenvalue weighted by Gasteiger charge is -2.16. The van der Waals surface area contributed by atoms with Crippen LogP contribution in [0.15, 0.2) is 71.7 Å². The van der Waals surface area contributed by atoms with Crippen LogP contribution in [0.5, 0.6) is 11.5 Å². The first kappa shape index (κ1) is 20.7. The van der Waals surface area contributed by atoms with Crippen LogP contribution in [-0.2, 0) is 9.59 Å². The Morgan fingerprint density at radius 1 is 0.871 bits per heavy atom. The average molecular weight is 435 g/mol. The molecular weight excluding hydrogens is 412 g/mol. The smallest absolute Gasteiger partial charge is 0.282 e. The topological polar surface area (TPSA) is 67.9 Å². The third kappa shape index (κ3) is 4.18. The number of benzene rings is 2. The van der Waals surface area contributed by atoms with Crippen molar-refractivity contribution >= 4 is 40.1 Å². The highest BCUT2D eigenvalue weighted by Gasteiger charge is 2.40. The molecule has 2 heterocycles. The molecular formula is C24H22N2O4S.